The summed E-state index contributed by atoms with van der Waals surface area (Å²) in [5, 5.41) is -0.900. The highest BCUT2D eigenvalue weighted by Crippen LogP contribution is 2.39. The van der Waals surface area contributed by atoms with Crippen LogP contribution in [0.25, 0.3) is 33.2 Å². The second-order valence-corrected chi connectivity index (χ2v) is 9.02. The van der Waals surface area contributed by atoms with Gasteiger partial charge in [0.05, 0.1) is 11.3 Å². The minimum Gasteiger partial charge on any atom is -0.429 e. The minimum atomic E-state index is -5.03. The maximum absolute atomic E-state index is 15.0. The summed E-state index contributed by atoms with van der Waals surface area (Å²) >= 11 is 0. The molecule has 2 nitrogen and oxygen atoms in total. The van der Waals surface area contributed by atoms with E-state index in [1.807, 2.05) is 0 Å². The topological polar surface area (TPSA) is 22.1 Å². The summed E-state index contributed by atoms with van der Waals surface area (Å²) in [5.41, 5.74) is -2.91. The van der Waals surface area contributed by atoms with Crippen molar-refractivity contribution in [2.45, 2.75) is 12.3 Å². The predicted octanol–water partition coefficient (Wildman–Crippen LogP) is 9.31. The molecule has 5 aromatic rings. The summed E-state index contributed by atoms with van der Waals surface area (Å²) < 4.78 is 145. The van der Waals surface area contributed by atoms with Gasteiger partial charge in [0, 0.05) is 28.6 Å². The van der Waals surface area contributed by atoms with Gasteiger partial charge in [0.2, 0.25) is 0 Å². The van der Waals surface area contributed by atoms with Crippen molar-refractivity contribution in [1.29, 1.82) is 0 Å². The quantitative estimate of drug-likeness (QED) is 0.147. The summed E-state index contributed by atoms with van der Waals surface area (Å²) in [6.07, 6.45) is -8.22. The predicted molar refractivity (Wildman–Crippen MR) is 136 cm³/mol. The Labute approximate surface area is 236 Å². The SMILES string of the molecule is Fc1cc(-c2ccccn2)ccc1-c1cc(F)c(C(F)(F)Oc2ccc3c(F)c(C#CC(F)(F)F)c(F)cc3c2)c(F)c1. The van der Waals surface area contributed by atoms with Crippen LogP contribution in [0, 0.1) is 40.9 Å². The highest BCUT2D eigenvalue weighted by atomic mass is 19.4. The molecule has 0 aliphatic carbocycles. The summed E-state index contributed by atoms with van der Waals surface area (Å²) in [7, 11) is 0. The summed E-state index contributed by atoms with van der Waals surface area (Å²) in [4.78, 5) is 4.07. The lowest BCUT2D eigenvalue weighted by Crippen LogP contribution is -2.25. The zero-order chi connectivity index (χ0) is 31.1. The Morgan fingerprint density at radius 1 is 0.674 bits per heavy atom. The number of fused-ring (bicyclic) bond motifs is 1. The molecule has 0 fully saturated rings. The lowest BCUT2D eigenvalue weighted by atomic mass is 9.99. The second-order valence-electron chi connectivity index (χ2n) is 9.02. The molecule has 12 heteroatoms. The maximum atomic E-state index is 15.0. The van der Waals surface area contributed by atoms with E-state index in [-0.39, 0.29) is 11.1 Å². The maximum Gasteiger partial charge on any atom is 0.458 e. The van der Waals surface area contributed by atoms with Gasteiger partial charge >= 0.3 is 12.3 Å². The molecule has 0 bridgehead atoms. The van der Waals surface area contributed by atoms with Crippen molar-refractivity contribution in [3.63, 3.8) is 0 Å². The molecule has 0 unspecified atom stereocenters. The Bertz CT molecular complexity index is 1900. The van der Waals surface area contributed by atoms with E-state index in [9.17, 15) is 43.9 Å². The molecule has 0 amide bonds. The van der Waals surface area contributed by atoms with E-state index in [0.29, 0.717) is 35.5 Å². The van der Waals surface area contributed by atoms with Crippen molar-refractivity contribution in [2.75, 3.05) is 0 Å². The number of aromatic nitrogens is 1. The molecule has 5 rings (SSSR count). The number of benzene rings is 4. The molecular weight excluding hydrogens is 592 g/mol. The first kappa shape index (κ1) is 29.4. The zero-order valence-electron chi connectivity index (χ0n) is 21.1. The molecule has 0 spiro atoms. The van der Waals surface area contributed by atoms with Gasteiger partial charge in [-0.2, -0.15) is 22.0 Å². The first-order valence-electron chi connectivity index (χ1n) is 12.0. The molecule has 218 valence electrons. The average molecular weight is 605 g/mol. The van der Waals surface area contributed by atoms with E-state index in [4.69, 9.17) is 0 Å². The molecule has 0 aliphatic rings. The van der Waals surface area contributed by atoms with Crippen molar-refractivity contribution in [2.24, 2.45) is 0 Å². The largest absolute Gasteiger partial charge is 0.458 e. The Kier molecular flexibility index (Phi) is 7.52. The average Bonchev–Trinajstić information content (AvgIpc) is 2.91. The van der Waals surface area contributed by atoms with Gasteiger partial charge in [0.15, 0.2) is 0 Å². The van der Waals surface area contributed by atoms with Crippen LogP contribution in [0.15, 0.2) is 79.0 Å². The van der Waals surface area contributed by atoms with Crippen molar-refractivity contribution >= 4 is 10.8 Å². The number of ether oxygens (including phenoxy) is 1. The number of nitrogens with zero attached hydrogens (tertiary/aromatic N) is 1. The number of hydrogen-bond donors (Lipinski definition) is 0. The number of hydrogen-bond acceptors (Lipinski definition) is 2. The number of rotatable bonds is 5. The highest BCUT2D eigenvalue weighted by Gasteiger charge is 2.41. The lowest BCUT2D eigenvalue weighted by molar-refractivity contribution is -0.189. The molecule has 0 radical (unpaired) electrons. The highest BCUT2D eigenvalue weighted by molar-refractivity contribution is 5.86. The summed E-state index contributed by atoms with van der Waals surface area (Å²) in [6, 6.07) is 12.4. The number of alkyl halides is 5. The first-order chi connectivity index (χ1) is 20.2. The Balaban J connectivity index is 1.45. The van der Waals surface area contributed by atoms with Crippen LogP contribution >= 0.6 is 0 Å². The van der Waals surface area contributed by atoms with Gasteiger partial charge in [-0.3, -0.25) is 4.98 Å². The summed E-state index contributed by atoms with van der Waals surface area (Å²) in [6.45, 7) is 0. The standard InChI is InChI=1S/C31H13F10NO/c32-23-12-16(27-3-1-2-10-42-27)4-6-20(23)18-14-25(34)28(26(35)15-18)31(40,41)43-19-5-7-21-17(11-19)13-24(33)22(29(21)36)8-9-30(37,38)39/h1-7,10-15H. The van der Waals surface area contributed by atoms with Crippen LogP contribution < -0.4 is 4.74 Å². The Morgan fingerprint density at radius 3 is 2.00 bits per heavy atom. The van der Waals surface area contributed by atoms with E-state index in [0.717, 1.165) is 24.1 Å². The van der Waals surface area contributed by atoms with Crippen LogP contribution in [0.4, 0.5) is 43.9 Å². The normalized spacial score (nSPS) is 11.8. The van der Waals surface area contributed by atoms with E-state index in [1.165, 1.54) is 24.3 Å². The molecule has 0 N–H and O–H groups in total. The fraction of sp³-hybridized carbons (Fsp3) is 0.0645. The third-order valence-electron chi connectivity index (χ3n) is 6.15. The molecule has 1 aromatic heterocycles. The molecule has 0 atom stereocenters. The van der Waals surface area contributed by atoms with Gasteiger partial charge in [-0.1, -0.05) is 24.1 Å². The van der Waals surface area contributed by atoms with Crippen LogP contribution in [0.3, 0.4) is 0 Å². The fourth-order valence-corrected chi connectivity index (χ4v) is 4.27. The second kappa shape index (κ2) is 11.0. The van der Waals surface area contributed by atoms with Gasteiger partial charge in [-0.05, 0) is 65.5 Å². The van der Waals surface area contributed by atoms with Crippen LogP contribution in [0.2, 0.25) is 0 Å². The zero-order valence-corrected chi connectivity index (χ0v) is 21.1. The van der Waals surface area contributed by atoms with E-state index in [1.54, 1.807) is 18.2 Å². The van der Waals surface area contributed by atoms with Crippen LogP contribution in [0.5, 0.6) is 5.75 Å². The monoisotopic (exact) mass is 605 g/mol. The Hall–Kier alpha value is -5.05. The molecule has 0 saturated carbocycles. The first-order valence-corrected chi connectivity index (χ1v) is 12.0. The van der Waals surface area contributed by atoms with Crippen molar-refractivity contribution < 1.29 is 48.6 Å². The third-order valence-corrected chi connectivity index (χ3v) is 6.15. The van der Waals surface area contributed by atoms with Gasteiger partial charge in [-0.25, -0.2) is 22.0 Å². The number of halogens is 10. The van der Waals surface area contributed by atoms with Gasteiger partial charge < -0.3 is 4.74 Å². The van der Waals surface area contributed by atoms with Crippen molar-refractivity contribution in [1.82, 2.24) is 4.98 Å². The van der Waals surface area contributed by atoms with Crippen LogP contribution in [-0.2, 0) is 6.11 Å². The van der Waals surface area contributed by atoms with E-state index in [2.05, 4.69) is 9.72 Å². The number of pyridine rings is 1. The van der Waals surface area contributed by atoms with Crippen molar-refractivity contribution in [3.8, 4) is 40.0 Å². The lowest BCUT2D eigenvalue weighted by Gasteiger charge is -2.20. The third kappa shape index (κ3) is 6.11. The summed E-state index contributed by atoms with van der Waals surface area (Å²) in [5.74, 6) is -6.17. The van der Waals surface area contributed by atoms with Gasteiger partial charge in [-0.15, -0.1) is 0 Å². The minimum absolute atomic E-state index is 0.286. The van der Waals surface area contributed by atoms with Gasteiger partial charge in [0.1, 0.15) is 40.4 Å². The van der Waals surface area contributed by atoms with Crippen LogP contribution in [0.1, 0.15) is 11.1 Å². The molecule has 0 aliphatic heterocycles. The van der Waals surface area contributed by atoms with Crippen molar-refractivity contribution in [3.05, 3.63) is 119 Å². The van der Waals surface area contributed by atoms with E-state index >= 15 is 0 Å². The molecule has 4 aromatic carbocycles. The molecule has 43 heavy (non-hydrogen) atoms. The smallest absolute Gasteiger partial charge is 0.429 e. The fourth-order valence-electron chi connectivity index (χ4n) is 4.27. The van der Waals surface area contributed by atoms with Crippen LogP contribution in [-0.4, -0.2) is 11.2 Å². The molecule has 1 heterocycles. The molecular formula is C31H13F10NO. The van der Waals surface area contributed by atoms with Gasteiger partial charge in [0.25, 0.3) is 0 Å². The Morgan fingerprint density at radius 2 is 1.37 bits per heavy atom. The van der Waals surface area contributed by atoms with E-state index < -0.39 is 69.0 Å². The molecule has 0 saturated heterocycles.